The third-order valence-electron chi connectivity index (χ3n) is 6.43. The minimum absolute atomic E-state index is 0.00900. The molecule has 0 N–H and O–H groups in total. The van der Waals surface area contributed by atoms with Gasteiger partial charge in [-0.05, 0) is 34.9 Å². The van der Waals surface area contributed by atoms with Gasteiger partial charge in [0, 0.05) is 17.5 Å². The first-order valence-electron chi connectivity index (χ1n) is 10.3. The van der Waals surface area contributed by atoms with Crippen LogP contribution in [0.4, 0.5) is 0 Å². The van der Waals surface area contributed by atoms with Gasteiger partial charge in [-0.3, -0.25) is 4.79 Å². The first-order valence-corrected chi connectivity index (χ1v) is 10.3. The summed E-state index contributed by atoms with van der Waals surface area (Å²) in [6.07, 6.45) is 3.85. The first kappa shape index (κ1) is 20.7. The van der Waals surface area contributed by atoms with Gasteiger partial charge in [0.15, 0.2) is 11.2 Å². The van der Waals surface area contributed by atoms with Crippen LogP contribution in [0.5, 0.6) is 5.75 Å². The van der Waals surface area contributed by atoms with E-state index in [1.54, 1.807) is 7.11 Å². The molecule has 2 aromatic carbocycles. The lowest BCUT2D eigenvalue weighted by atomic mass is 9.66. The summed E-state index contributed by atoms with van der Waals surface area (Å²) in [5.41, 5.74) is 0.589. The molecule has 0 aliphatic carbocycles. The molecule has 2 aliphatic rings. The van der Waals surface area contributed by atoms with Crippen LogP contribution in [0, 0.1) is 33.5 Å². The van der Waals surface area contributed by atoms with Crippen LogP contribution in [0.1, 0.15) is 49.4 Å². The smallest absolute Gasteiger partial charge is 0.177 e. The van der Waals surface area contributed by atoms with E-state index >= 15 is 0 Å². The summed E-state index contributed by atoms with van der Waals surface area (Å²) < 4.78 is 5.29. The van der Waals surface area contributed by atoms with Crippen molar-refractivity contribution in [1.29, 1.82) is 10.5 Å². The Morgan fingerprint density at radius 2 is 1.71 bits per heavy atom. The number of fused-ring (bicyclic) bond motifs is 3. The van der Waals surface area contributed by atoms with Crippen LogP contribution in [-0.2, 0) is 4.79 Å². The van der Waals surface area contributed by atoms with Gasteiger partial charge in [0.05, 0.1) is 31.3 Å². The van der Waals surface area contributed by atoms with Crippen LogP contribution in [-0.4, -0.2) is 23.8 Å². The highest BCUT2D eigenvalue weighted by Gasteiger charge is 2.64. The molecule has 4 rings (SSSR count). The number of carbonyl (C=O) groups is 1. The third-order valence-corrected chi connectivity index (χ3v) is 6.43. The minimum atomic E-state index is -1.43. The summed E-state index contributed by atoms with van der Waals surface area (Å²) in [5.74, 6) is 0.0820. The summed E-state index contributed by atoms with van der Waals surface area (Å²) >= 11 is 0. The second kappa shape index (κ2) is 7.29. The molecule has 5 nitrogen and oxygen atoms in total. The SMILES string of the molecule is COc1ccc([C@H]2[C@H](C(=O)C(C)(C)C)N3C=Cc4ccccc4[C@H]3C2(C#N)C#N)cc1. The van der Waals surface area contributed by atoms with Crippen molar-refractivity contribution in [2.45, 2.75) is 38.8 Å². The highest BCUT2D eigenvalue weighted by molar-refractivity contribution is 5.91. The molecule has 2 aliphatic heterocycles. The molecule has 0 aromatic heterocycles. The Kier molecular flexibility index (Phi) is 4.86. The minimum Gasteiger partial charge on any atom is -0.497 e. The molecule has 0 spiro atoms. The van der Waals surface area contributed by atoms with Crippen molar-refractivity contribution in [2.75, 3.05) is 7.11 Å². The quantitative estimate of drug-likeness (QED) is 0.722. The van der Waals surface area contributed by atoms with E-state index in [4.69, 9.17) is 4.74 Å². The fourth-order valence-electron chi connectivity index (χ4n) is 4.92. The van der Waals surface area contributed by atoms with Crippen molar-refractivity contribution in [3.05, 3.63) is 71.4 Å². The van der Waals surface area contributed by atoms with E-state index in [9.17, 15) is 15.3 Å². The molecule has 5 heteroatoms. The van der Waals surface area contributed by atoms with Crippen molar-refractivity contribution in [2.24, 2.45) is 10.8 Å². The Balaban J connectivity index is 2.00. The molecule has 0 bridgehead atoms. The molecule has 2 aromatic rings. The normalized spacial score (nSPS) is 23.3. The van der Waals surface area contributed by atoms with Crippen LogP contribution < -0.4 is 4.74 Å². The Morgan fingerprint density at radius 1 is 1.06 bits per heavy atom. The highest BCUT2D eigenvalue weighted by atomic mass is 16.5. The van der Waals surface area contributed by atoms with Crippen LogP contribution in [0.2, 0.25) is 0 Å². The van der Waals surface area contributed by atoms with Crippen molar-refractivity contribution < 1.29 is 9.53 Å². The zero-order valence-corrected chi connectivity index (χ0v) is 18.2. The number of nitriles is 2. The van der Waals surface area contributed by atoms with Crippen LogP contribution in [0.25, 0.3) is 6.08 Å². The molecular weight excluding hydrogens is 386 g/mol. The lowest BCUT2D eigenvalue weighted by Gasteiger charge is -2.36. The van der Waals surface area contributed by atoms with Gasteiger partial charge >= 0.3 is 0 Å². The summed E-state index contributed by atoms with van der Waals surface area (Å²) in [6.45, 7) is 5.65. The van der Waals surface area contributed by atoms with Crippen molar-refractivity contribution in [1.82, 2.24) is 4.90 Å². The van der Waals surface area contributed by atoms with E-state index in [1.807, 2.05) is 86.5 Å². The van der Waals surface area contributed by atoms with E-state index < -0.39 is 28.8 Å². The molecule has 1 saturated heterocycles. The number of benzene rings is 2. The topological polar surface area (TPSA) is 77.1 Å². The summed E-state index contributed by atoms with van der Waals surface area (Å²) in [6, 6.07) is 18.7. The number of ether oxygens (including phenoxy) is 1. The Hall–Kier alpha value is -3.57. The van der Waals surface area contributed by atoms with Gasteiger partial charge in [-0.2, -0.15) is 10.5 Å². The second-order valence-corrected chi connectivity index (χ2v) is 9.20. The van der Waals surface area contributed by atoms with Crippen molar-refractivity contribution >= 4 is 11.9 Å². The second-order valence-electron chi connectivity index (χ2n) is 9.20. The molecule has 31 heavy (non-hydrogen) atoms. The number of Topliss-reactive ketones (excluding diaryl/α,β-unsaturated/α-hetero) is 1. The molecular formula is C26H25N3O2. The maximum atomic E-state index is 13.7. The van der Waals surface area contributed by atoms with E-state index in [0.29, 0.717) is 5.75 Å². The maximum absolute atomic E-state index is 13.7. The van der Waals surface area contributed by atoms with Gasteiger partial charge in [-0.25, -0.2) is 0 Å². The number of ketones is 1. The monoisotopic (exact) mass is 411 g/mol. The zero-order chi connectivity index (χ0) is 22.4. The summed E-state index contributed by atoms with van der Waals surface area (Å²) in [5, 5.41) is 20.9. The highest BCUT2D eigenvalue weighted by Crippen LogP contribution is 2.60. The van der Waals surface area contributed by atoms with E-state index in [1.165, 1.54) is 0 Å². The fourth-order valence-corrected chi connectivity index (χ4v) is 4.92. The summed E-state index contributed by atoms with van der Waals surface area (Å²) in [4.78, 5) is 15.7. The third kappa shape index (κ3) is 3.01. The fraction of sp³-hybridized carbons (Fsp3) is 0.346. The maximum Gasteiger partial charge on any atom is 0.177 e. The lowest BCUT2D eigenvalue weighted by molar-refractivity contribution is -0.130. The number of methoxy groups -OCH3 is 1. The molecule has 0 radical (unpaired) electrons. The molecule has 3 atom stereocenters. The standard InChI is InChI=1S/C26H25N3O2/c1-25(2,3)24(30)22-21(18-9-11-19(31-4)12-10-18)26(15-27,16-28)23-20-8-6-5-7-17(20)13-14-29(22)23/h5-14,21-23H,1-4H3/t21-,22+,23-/m0/s1. The van der Waals surface area contributed by atoms with E-state index in [-0.39, 0.29) is 5.78 Å². The average Bonchev–Trinajstić information content (AvgIpc) is 3.08. The molecule has 2 heterocycles. The van der Waals surface area contributed by atoms with E-state index in [0.717, 1.165) is 16.7 Å². The number of rotatable bonds is 3. The van der Waals surface area contributed by atoms with E-state index in [2.05, 4.69) is 12.1 Å². The van der Waals surface area contributed by atoms with Gasteiger partial charge < -0.3 is 9.64 Å². The predicted octanol–water partition coefficient (Wildman–Crippen LogP) is 4.84. The molecule has 0 saturated carbocycles. The number of nitrogens with zero attached hydrogens (tertiary/aromatic N) is 3. The average molecular weight is 412 g/mol. The largest absolute Gasteiger partial charge is 0.497 e. The van der Waals surface area contributed by atoms with Gasteiger partial charge in [0.1, 0.15) is 5.75 Å². The molecule has 0 amide bonds. The molecule has 0 unspecified atom stereocenters. The Morgan fingerprint density at radius 3 is 2.29 bits per heavy atom. The Bertz CT molecular complexity index is 1110. The van der Waals surface area contributed by atoms with Crippen LogP contribution >= 0.6 is 0 Å². The van der Waals surface area contributed by atoms with Crippen molar-refractivity contribution in [3.8, 4) is 17.9 Å². The van der Waals surface area contributed by atoms with Gasteiger partial charge in [0.2, 0.25) is 0 Å². The number of hydrogen-bond donors (Lipinski definition) is 0. The Labute approximate surface area is 183 Å². The number of carbonyl (C=O) groups excluding carboxylic acids is 1. The van der Waals surface area contributed by atoms with Gasteiger partial charge in [-0.15, -0.1) is 0 Å². The predicted molar refractivity (Wildman–Crippen MR) is 118 cm³/mol. The van der Waals surface area contributed by atoms with Gasteiger partial charge in [-0.1, -0.05) is 57.2 Å². The number of hydrogen-bond acceptors (Lipinski definition) is 5. The molecule has 156 valence electrons. The molecule has 1 fully saturated rings. The van der Waals surface area contributed by atoms with Crippen molar-refractivity contribution in [3.63, 3.8) is 0 Å². The summed E-state index contributed by atoms with van der Waals surface area (Å²) in [7, 11) is 1.59. The van der Waals surface area contributed by atoms with Gasteiger partial charge in [0.25, 0.3) is 0 Å². The lowest BCUT2D eigenvalue weighted by Crippen LogP contribution is -2.43. The zero-order valence-electron chi connectivity index (χ0n) is 18.2. The first-order chi connectivity index (χ1) is 14.8. The van der Waals surface area contributed by atoms with Crippen LogP contribution in [0.15, 0.2) is 54.7 Å². The van der Waals surface area contributed by atoms with Crippen LogP contribution in [0.3, 0.4) is 0 Å².